The monoisotopic (exact) mass is 217 g/mol. The van der Waals surface area contributed by atoms with Gasteiger partial charge in [-0.05, 0) is 0 Å². The van der Waals surface area contributed by atoms with Gasteiger partial charge in [0.2, 0.25) is 0 Å². The van der Waals surface area contributed by atoms with Crippen LogP contribution in [0.25, 0.3) is 0 Å². The van der Waals surface area contributed by atoms with E-state index in [0.717, 1.165) is 24.6 Å². The minimum atomic E-state index is -0.650. The molecule has 0 N–H and O–H groups in total. The number of hydrogen-bond donors (Lipinski definition) is 0. The highest BCUT2D eigenvalue weighted by Gasteiger charge is 2.25. The summed E-state index contributed by atoms with van der Waals surface area (Å²) in [5.41, 5.74) is -0.253. The van der Waals surface area contributed by atoms with E-state index in [1.165, 1.54) is 0 Å². The summed E-state index contributed by atoms with van der Waals surface area (Å²) in [5, 5.41) is 0. The number of nitrogens with zero attached hydrogens (tertiary/aromatic N) is 1. The van der Waals surface area contributed by atoms with E-state index in [2.05, 4.69) is 4.90 Å². The second-order valence-corrected chi connectivity index (χ2v) is 6.49. The van der Waals surface area contributed by atoms with Gasteiger partial charge in [-0.1, -0.05) is 20.8 Å². The van der Waals surface area contributed by atoms with Gasteiger partial charge in [0.05, 0.1) is 6.54 Å². The van der Waals surface area contributed by atoms with Gasteiger partial charge >= 0.3 is 0 Å². The molecule has 1 rings (SSSR count). The molecule has 0 spiro atoms. The van der Waals surface area contributed by atoms with Crippen LogP contribution in [-0.4, -0.2) is 46.0 Å². The molecule has 1 heterocycles. The Bertz CT molecular complexity index is 235. The summed E-state index contributed by atoms with van der Waals surface area (Å²) in [4.78, 5) is 13.8. The molecule has 3 nitrogen and oxygen atoms in total. The van der Waals surface area contributed by atoms with E-state index < -0.39 is 10.8 Å². The molecule has 14 heavy (non-hydrogen) atoms. The molecule has 1 saturated heterocycles. The van der Waals surface area contributed by atoms with Crippen LogP contribution in [0.15, 0.2) is 0 Å². The molecule has 0 amide bonds. The van der Waals surface area contributed by atoms with E-state index in [0.29, 0.717) is 6.54 Å². The van der Waals surface area contributed by atoms with E-state index >= 15 is 0 Å². The van der Waals surface area contributed by atoms with Crippen molar-refractivity contribution in [3.63, 3.8) is 0 Å². The molecule has 1 aliphatic heterocycles. The highest BCUT2D eigenvalue weighted by molar-refractivity contribution is 7.85. The van der Waals surface area contributed by atoms with Crippen molar-refractivity contribution in [1.29, 1.82) is 0 Å². The largest absolute Gasteiger partial charge is 0.298 e. The van der Waals surface area contributed by atoms with Crippen LogP contribution in [0.5, 0.6) is 0 Å². The lowest BCUT2D eigenvalue weighted by molar-refractivity contribution is -0.127. The van der Waals surface area contributed by atoms with Crippen LogP contribution >= 0.6 is 0 Å². The molecule has 1 aliphatic rings. The summed E-state index contributed by atoms with van der Waals surface area (Å²) < 4.78 is 11.1. The fourth-order valence-corrected chi connectivity index (χ4v) is 2.40. The molecule has 0 aliphatic carbocycles. The van der Waals surface area contributed by atoms with Crippen molar-refractivity contribution in [1.82, 2.24) is 4.90 Å². The van der Waals surface area contributed by atoms with Crippen LogP contribution in [0, 0.1) is 5.41 Å². The number of rotatable bonds is 2. The Morgan fingerprint density at radius 3 is 2.21 bits per heavy atom. The summed E-state index contributed by atoms with van der Waals surface area (Å²) in [7, 11) is -0.650. The Morgan fingerprint density at radius 1 is 1.29 bits per heavy atom. The molecule has 1 fully saturated rings. The number of ketones is 1. The zero-order valence-electron chi connectivity index (χ0n) is 9.21. The quantitative estimate of drug-likeness (QED) is 0.682. The fourth-order valence-electron chi connectivity index (χ4n) is 1.27. The van der Waals surface area contributed by atoms with Crippen molar-refractivity contribution >= 4 is 16.6 Å². The van der Waals surface area contributed by atoms with Crippen molar-refractivity contribution in [3.8, 4) is 0 Å². The van der Waals surface area contributed by atoms with E-state index in [-0.39, 0.29) is 11.2 Å². The number of hydrogen-bond acceptors (Lipinski definition) is 3. The Labute approximate surface area is 88.3 Å². The van der Waals surface area contributed by atoms with Gasteiger partial charge in [0.1, 0.15) is 0 Å². The summed E-state index contributed by atoms with van der Waals surface area (Å²) in [5.74, 6) is 1.71. The first kappa shape index (κ1) is 11.9. The Balaban J connectivity index is 2.38. The topological polar surface area (TPSA) is 37.4 Å². The standard InChI is InChI=1S/C10H19NO2S/c1-10(2,3)9(12)8-11-4-6-14(13)7-5-11/h4-8H2,1-3H3. The minimum Gasteiger partial charge on any atom is -0.298 e. The maximum absolute atomic E-state index is 11.7. The van der Waals surface area contributed by atoms with Gasteiger partial charge in [-0.2, -0.15) is 0 Å². The summed E-state index contributed by atoms with van der Waals surface area (Å²) >= 11 is 0. The van der Waals surface area contributed by atoms with Crippen LogP contribution in [0.4, 0.5) is 0 Å². The molecule has 0 aromatic carbocycles. The van der Waals surface area contributed by atoms with Crippen LogP contribution < -0.4 is 0 Å². The molecule has 0 bridgehead atoms. The third-order valence-electron chi connectivity index (χ3n) is 2.47. The highest BCUT2D eigenvalue weighted by atomic mass is 32.2. The fraction of sp³-hybridized carbons (Fsp3) is 0.900. The third-order valence-corrected chi connectivity index (χ3v) is 3.75. The van der Waals surface area contributed by atoms with Crippen molar-refractivity contribution in [2.45, 2.75) is 20.8 Å². The molecular weight excluding hydrogens is 198 g/mol. The normalized spacial score (nSPS) is 21.1. The van der Waals surface area contributed by atoms with E-state index in [4.69, 9.17) is 0 Å². The smallest absolute Gasteiger partial charge is 0.152 e. The first-order chi connectivity index (χ1) is 6.39. The van der Waals surface area contributed by atoms with Crippen molar-refractivity contribution in [2.75, 3.05) is 31.1 Å². The van der Waals surface area contributed by atoms with Crippen LogP contribution in [0.2, 0.25) is 0 Å². The van der Waals surface area contributed by atoms with E-state index in [1.54, 1.807) is 0 Å². The maximum Gasteiger partial charge on any atom is 0.152 e. The second kappa shape index (κ2) is 4.53. The summed E-state index contributed by atoms with van der Waals surface area (Å²) in [6.45, 7) is 7.94. The number of Topliss-reactive ketones (excluding diaryl/α,β-unsaturated/α-hetero) is 1. The van der Waals surface area contributed by atoms with Crippen molar-refractivity contribution in [2.24, 2.45) is 5.41 Å². The molecule has 0 aromatic rings. The van der Waals surface area contributed by atoms with Gasteiger partial charge in [0.15, 0.2) is 5.78 Å². The molecule has 0 aromatic heterocycles. The maximum atomic E-state index is 11.7. The lowest BCUT2D eigenvalue weighted by Gasteiger charge is -2.28. The lowest BCUT2D eigenvalue weighted by Crippen LogP contribution is -2.43. The predicted octanol–water partition coefficient (Wildman–Crippen LogP) is 0.666. The van der Waals surface area contributed by atoms with Crippen LogP contribution in [-0.2, 0) is 15.6 Å². The number of carbonyl (C=O) groups excluding carboxylic acids is 1. The summed E-state index contributed by atoms with van der Waals surface area (Å²) in [6.07, 6.45) is 0. The summed E-state index contributed by atoms with van der Waals surface area (Å²) in [6, 6.07) is 0. The van der Waals surface area contributed by atoms with E-state index in [9.17, 15) is 9.00 Å². The minimum absolute atomic E-state index is 0.253. The van der Waals surface area contributed by atoms with Gasteiger partial charge in [-0.15, -0.1) is 0 Å². The third kappa shape index (κ3) is 3.50. The predicted molar refractivity (Wildman–Crippen MR) is 58.8 cm³/mol. The number of carbonyl (C=O) groups is 1. The van der Waals surface area contributed by atoms with Crippen LogP contribution in [0.1, 0.15) is 20.8 Å². The highest BCUT2D eigenvalue weighted by Crippen LogP contribution is 2.15. The van der Waals surface area contributed by atoms with Gasteiger partial charge in [-0.25, -0.2) is 0 Å². The Kier molecular flexibility index (Phi) is 3.84. The van der Waals surface area contributed by atoms with Gasteiger partial charge in [0.25, 0.3) is 0 Å². The average molecular weight is 217 g/mol. The first-order valence-corrected chi connectivity index (χ1v) is 6.49. The lowest BCUT2D eigenvalue weighted by atomic mass is 9.90. The SMILES string of the molecule is CC(C)(C)C(=O)CN1CCS(=O)CC1. The molecule has 82 valence electrons. The zero-order chi connectivity index (χ0) is 10.8. The average Bonchev–Trinajstić information content (AvgIpc) is 2.07. The first-order valence-electron chi connectivity index (χ1n) is 5.00. The Morgan fingerprint density at radius 2 is 1.79 bits per heavy atom. The van der Waals surface area contributed by atoms with Gasteiger partial charge in [-0.3, -0.25) is 13.9 Å². The molecule has 0 unspecified atom stereocenters. The Hall–Kier alpha value is -0.220. The van der Waals surface area contributed by atoms with Crippen molar-refractivity contribution in [3.05, 3.63) is 0 Å². The molecule has 0 radical (unpaired) electrons. The zero-order valence-corrected chi connectivity index (χ0v) is 10.0. The molecular formula is C10H19NO2S. The molecule has 0 saturated carbocycles. The molecule has 0 atom stereocenters. The molecule has 4 heteroatoms. The van der Waals surface area contributed by atoms with Gasteiger partial charge < -0.3 is 0 Å². The van der Waals surface area contributed by atoms with Crippen LogP contribution in [0.3, 0.4) is 0 Å². The van der Waals surface area contributed by atoms with Gasteiger partial charge in [0, 0.05) is 40.8 Å². The second-order valence-electron chi connectivity index (χ2n) is 4.80. The van der Waals surface area contributed by atoms with E-state index in [1.807, 2.05) is 20.8 Å². The van der Waals surface area contributed by atoms with Crippen molar-refractivity contribution < 1.29 is 9.00 Å².